The van der Waals surface area contributed by atoms with E-state index in [4.69, 9.17) is 0 Å². The summed E-state index contributed by atoms with van der Waals surface area (Å²) in [5.74, 6) is 2.49. The van der Waals surface area contributed by atoms with E-state index in [1.807, 2.05) is 0 Å². The molecule has 1 aromatic heterocycles. The van der Waals surface area contributed by atoms with E-state index < -0.39 is 10.0 Å². The van der Waals surface area contributed by atoms with Crippen LogP contribution >= 0.6 is 0 Å². The normalized spacial score (nSPS) is 36.2. The number of nitrogens with one attached hydrogen (secondary N) is 1. The molecule has 1 heterocycles. The Morgan fingerprint density at radius 2 is 1.79 bits per heavy atom. The van der Waals surface area contributed by atoms with Crippen LogP contribution in [0.25, 0.3) is 0 Å². The van der Waals surface area contributed by atoms with E-state index in [-0.39, 0.29) is 11.5 Å². The van der Waals surface area contributed by atoms with E-state index in [1.54, 1.807) is 24.9 Å². The van der Waals surface area contributed by atoms with E-state index in [0.29, 0.717) is 10.6 Å². The lowest BCUT2D eigenvalue weighted by atomic mass is 9.47. The minimum absolute atomic E-state index is 0.0514. The Bertz CT molecular complexity index is 702. The fraction of sp³-hybridized carbons (Fsp3) is 0.833. The van der Waals surface area contributed by atoms with Gasteiger partial charge in [-0.15, -0.1) is 0 Å². The van der Waals surface area contributed by atoms with Gasteiger partial charge in [-0.25, -0.2) is 13.1 Å². The number of rotatable bonds is 5. The highest BCUT2D eigenvalue weighted by Gasteiger charge is 2.54. The first-order chi connectivity index (χ1) is 11.3. The van der Waals surface area contributed by atoms with Crippen LogP contribution in [0.3, 0.4) is 0 Å². The summed E-state index contributed by atoms with van der Waals surface area (Å²) in [7, 11) is -1.74. The molecule has 4 aliphatic rings. The van der Waals surface area contributed by atoms with Gasteiger partial charge in [-0.2, -0.15) is 5.10 Å². The quantitative estimate of drug-likeness (QED) is 0.887. The summed E-state index contributed by atoms with van der Waals surface area (Å²) in [4.78, 5) is 0.327. The van der Waals surface area contributed by atoms with Gasteiger partial charge in [-0.1, -0.05) is 6.92 Å². The van der Waals surface area contributed by atoms with Crippen LogP contribution in [0, 0.1) is 30.1 Å². The van der Waals surface area contributed by atoms with Crippen LogP contribution in [0.1, 0.15) is 57.6 Å². The topological polar surface area (TPSA) is 64.0 Å². The van der Waals surface area contributed by atoms with Gasteiger partial charge in [0.25, 0.3) is 0 Å². The van der Waals surface area contributed by atoms with Crippen LogP contribution in [-0.2, 0) is 17.1 Å². The zero-order valence-electron chi connectivity index (χ0n) is 15.0. The lowest BCUT2D eigenvalue weighted by Crippen LogP contribution is -2.56. The number of aryl methyl sites for hydroxylation is 2. The number of aromatic nitrogens is 2. The van der Waals surface area contributed by atoms with Crippen molar-refractivity contribution < 1.29 is 8.42 Å². The highest BCUT2D eigenvalue weighted by Crippen LogP contribution is 2.61. The van der Waals surface area contributed by atoms with Crippen molar-refractivity contribution >= 4 is 10.0 Å². The van der Waals surface area contributed by atoms with Crippen molar-refractivity contribution in [3.8, 4) is 0 Å². The van der Waals surface area contributed by atoms with Gasteiger partial charge >= 0.3 is 0 Å². The Morgan fingerprint density at radius 3 is 2.21 bits per heavy atom. The summed E-state index contributed by atoms with van der Waals surface area (Å²) in [6, 6.07) is 0.0514. The fourth-order valence-corrected chi connectivity index (χ4v) is 7.98. The van der Waals surface area contributed by atoms with Gasteiger partial charge in [0.2, 0.25) is 10.0 Å². The van der Waals surface area contributed by atoms with E-state index in [1.165, 1.54) is 38.5 Å². The minimum atomic E-state index is -3.51. The molecule has 0 spiro atoms. The average Bonchev–Trinajstić information content (AvgIpc) is 2.83. The smallest absolute Gasteiger partial charge is 0.244 e. The summed E-state index contributed by atoms with van der Waals surface area (Å²) in [5, 5.41) is 4.20. The Hall–Kier alpha value is -0.880. The van der Waals surface area contributed by atoms with Gasteiger partial charge in [0.15, 0.2) is 0 Å². The summed E-state index contributed by atoms with van der Waals surface area (Å²) in [5.41, 5.74) is 0.762. The molecule has 6 heteroatoms. The predicted molar refractivity (Wildman–Crippen MR) is 93.0 cm³/mol. The molecule has 1 atom stereocenters. The Balaban J connectivity index is 1.61. The number of nitrogens with zero attached hydrogens (tertiary/aromatic N) is 2. The fourth-order valence-electron chi connectivity index (χ4n) is 6.34. The maximum atomic E-state index is 13.0. The molecule has 1 unspecified atom stereocenters. The number of hydrogen-bond donors (Lipinski definition) is 1. The van der Waals surface area contributed by atoms with Crippen molar-refractivity contribution in [2.24, 2.45) is 30.2 Å². The second kappa shape index (κ2) is 5.56. The van der Waals surface area contributed by atoms with E-state index in [0.717, 1.165) is 24.2 Å². The van der Waals surface area contributed by atoms with Crippen molar-refractivity contribution in [3.05, 3.63) is 11.9 Å². The first-order valence-corrected chi connectivity index (χ1v) is 10.8. The Morgan fingerprint density at radius 1 is 1.25 bits per heavy atom. The third kappa shape index (κ3) is 2.62. The zero-order valence-corrected chi connectivity index (χ0v) is 15.8. The second-order valence-electron chi connectivity index (χ2n) is 8.61. The highest BCUT2D eigenvalue weighted by molar-refractivity contribution is 7.89. The Kier molecular flexibility index (Phi) is 3.84. The van der Waals surface area contributed by atoms with Crippen molar-refractivity contribution in [1.29, 1.82) is 0 Å². The maximum Gasteiger partial charge on any atom is 0.244 e. The molecule has 134 valence electrons. The largest absolute Gasteiger partial charge is 0.274 e. The van der Waals surface area contributed by atoms with Crippen molar-refractivity contribution in [2.45, 2.75) is 69.7 Å². The van der Waals surface area contributed by atoms with Crippen LogP contribution in [0.5, 0.6) is 0 Å². The van der Waals surface area contributed by atoms with Gasteiger partial charge in [-0.05, 0) is 75.0 Å². The SMILES string of the molecule is CCC(NS(=O)(=O)c1cn(C)nc1C)C12CC3CC(CC(C3)C1)C2. The molecule has 4 saturated carbocycles. The summed E-state index contributed by atoms with van der Waals surface area (Å²) < 4.78 is 30.6. The lowest BCUT2D eigenvalue weighted by Gasteiger charge is -2.59. The van der Waals surface area contributed by atoms with Crippen LogP contribution in [0.15, 0.2) is 11.1 Å². The lowest BCUT2D eigenvalue weighted by molar-refractivity contribution is -0.0704. The van der Waals surface area contributed by atoms with E-state index in [9.17, 15) is 8.42 Å². The van der Waals surface area contributed by atoms with Gasteiger partial charge in [-0.3, -0.25) is 4.68 Å². The summed E-state index contributed by atoms with van der Waals surface area (Å²) in [6.07, 6.45) is 10.3. The third-order valence-electron chi connectivity index (χ3n) is 6.79. The van der Waals surface area contributed by atoms with Gasteiger partial charge in [0, 0.05) is 19.3 Å². The maximum absolute atomic E-state index is 13.0. The monoisotopic (exact) mass is 351 g/mol. The molecular weight excluding hydrogens is 322 g/mol. The van der Waals surface area contributed by atoms with Crippen molar-refractivity contribution in [3.63, 3.8) is 0 Å². The molecule has 24 heavy (non-hydrogen) atoms. The molecule has 0 amide bonds. The third-order valence-corrected chi connectivity index (χ3v) is 8.36. The van der Waals surface area contributed by atoms with E-state index >= 15 is 0 Å². The van der Waals surface area contributed by atoms with Gasteiger partial charge in [0.1, 0.15) is 4.90 Å². The van der Waals surface area contributed by atoms with Crippen LogP contribution in [0.4, 0.5) is 0 Å². The summed E-state index contributed by atoms with van der Waals surface area (Å²) >= 11 is 0. The molecule has 0 radical (unpaired) electrons. The van der Waals surface area contributed by atoms with Crippen LogP contribution in [0.2, 0.25) is 0 Å². The molecule has 0 aliphatic heterocycles. The molecular formula is C18H29N3O2S. The van der Waals surface area contributed by atoms with Crippen molar-refractivity contribution in [1.82, 2.24) is 14.5 Å². The van der Waals surface area contributed by atoms with Gasteiger partial charge in [0.05, 0.1) is 5.69 Å². The van der Waals surface area contributed by atoms with Gasteiger partial charge < -0.3 is 0 Å². The standard InChI is InChI=1S/C18H29N3O2S/c1-4-17(20-24(22,23)16-11-21(3)19-12(16)2)18-8-13-5-14(9-18)7-15(6-13)10-18/h11,13-15,17,20H,4-10H2,1-3H3. The average molecular weight is 352 g/mol. The summed E-state index contributed by atoms with van der Waals surface area (Å²) in [6.45, 7) is 3.89. The molecule has 4 fully saturated rings. The number of hydrogen-bond acceptors (Lipinski definition) is 3. The van der Waals surface area contributed by atoms with Crippen LogP contribution < -0.4 is 4.72 Å². The van der Waals surface area contributed by atoms with Crippen LogP contribution in [-0.4, -0.2) is 24.2 Å². The molecule has 0 saturated heterocycles. The molecule has 1 aromatic rings. The molecule has 4 aliphatic carbocycles. The Labute approximate surface area is 145 Å². The zero-order chi connectivity index (χ0) is 17.1. The van der Waals surface area contributed by atoms with E-state index in [2.05, 4.69) is 16.7 Å². The highest BCUT2D eigenvalue weighted by atomic mass is 32.2. The molecule has 4 bridgehead atoms. The molecule has 5 rings (SSSR count). The molecule has 0 aromatic carbocycles. The number of sulfonamides is 1. The first kappa shape index (κ1) is 16.6. The minimum Gasteiger partial charge on any atom is -0.274 e. The molecule has 1 N–H and O–H groups in total. The predicted octanol–water partition coefficient (Wildman–Crippen LogP) is 3.00. The first-order valence-electron chi connectivity index (χ1n) is 9.34. The van der Waals surface area contributed by atoms with Crippen molar-refractivity contribution in [2.75, 3.05) is 0 Å². The molecule has 5 nitrogen and oxygen atoms in total. The second-order valence-corrected chi connectivity index (χ2v) is 10.3.